The fourth-order valence-electron chi connectivity index (χ4n) is 4.39. The molecule has 0 bridgehead atoms. The van der Waals surface area contributed by atoms with E-state index in [2.05, 4.69) is 16.5 Å². The maximum absolute atomic E-state index is 13.8. The smallest absolute Gasteiger partial charge is 0.437 e. The Morgan fingerprint density at radius 3 is 2.54 bits per heavy atom. The molecule has 0 spiro atoms. The Hall–Kier alpha value is -4.62. The highest BCUT2D eigenvalue weighted by Crippen LogP contribution is 2.35. The number of hydrogen-bond donors (Lipinski definition) is 1. The molecule has 2 heterocycles. The van der Waals surface area contributed by atoms with Crippen molar-refractivity contribution in [3.8, 4) is 28.7 Å². The molecule has 0 radical (unpaired) electrons. The standard InChI is InChI=1S/C30H24ClF3N4O3/c1-5-25-19(11-24(28(39)37-25)23-8-17(4)6-7-22(23)16(2)3)14-38-15-36-27(30(32,33)34)26(29(38)40)41-21-10-18(13-35)9-20(31)12-21/h6-12,15H,2,5,14H2,1,3-4H3,(H,37,39). The number of rotatable bonds is 7. The molecule has 41 heavy (non-hydrogen) atoms. The molecule has 0 saturated heterocycles. The lowest BCUT2D eigenvalue weighted by Crippen LogP contribution is -2.27. The van der Waals surface area contributed by atoms with E-state index < -0.39 is 23.2 Å². The maximum atomic E-state index is 13.8. The van der Waals surface area contributed by atoms with Crippen LogP contribution in [0.4, 0.5) is 13.2 Å². The van der Waals surface area contributed by atoms with Crippen LogP contribution in [0.5, 0.6) is 11.5 Å². The fraction of sp³-hybridized carbons (Fsp3) is 0.200. The minimum absolute atomic E-state index is 0.0314. The number of nitrogens with zero attached hydrogens (tertiary/aromatic N) is 3. The van der Waals surface area contributed by atoms with Crippen LogP contribution >= 0.6 is 11.6 Å². The third kappa shape index (κ3) is 6.26. The molecule has 4 aromatic rings. The van der Waals surface area contributed by atoms with E-state index >= 15 is 0 Å². The lowest BCUT2D eigenvalue weighted by Gasteiger charge is -2.17. The van der Waals surface area contributed by atoms with Crippen LogP contribution in [-0.2, 0) is 19.1 Å². The number of benzene rings is 2. The zero-order chi connectivity index (χ0) is 30.1. The number of H-pyrrole nitrogens is 1. The first kappa shape index (κ1) is 29.4. The van der Waals surface area contributed by atoms with Gasteiger partial charge in [0.15, 0.2) is 5.69 Å². The van der Waals surface area contributed by atoms with Gasteiger partial charge in [-0.2, -0.15) is 18.4 Å². The van der Waals surface area contributed by atoms with Crippen LogP contribution in [0, 0.1) is 18.3 Å². The topological polar surface area (TPSA) is 101 Å². The van der Waals surface area contributed by atoms with E-state index in [1.165, 1.54) is 12.1 Å². The summed E-state index contributed by atoms with van der Waals surface area (Å²) in [4.78, 5) is 32.9. The summed E-state index contributed by atoms with van der Waals surface area (Å²) >= 11 is 5.97. The molecule has 0 saturated carbocycles. The fourth-order valence-corrected chi connectivity index (χ4v) is 4.61. The molecule has 4 rings (SSSR count). The Morgan fingerprint density at radius 2 is 1.90 bits per heavy atom. The van der Waals surface area contributed by atoms with E-state index in [4.69, 9.17) is 16.3 Å². The van der Waals surface area contributed by atoms with Crippen molar-refractivity contribution in [1.82, 2.24) is 14.5 Å². The van der Waals surface area contributed by atoms with Gasteiger partial charge in [0.05, 0.1) is 24.5 Å². The molecule has 0 aliphatic carbocycles. The zero-order valence-corrected chi connectivity index (χ0v) is 23.1. The lowest BCUT2D eigenvalue weighted by atomic mass is 9.93. The van der Waals surface area contributed by atoms with Crippen molar-refractivity contribution in [3.63, 3.8) is 0 Å². The molecule has 0 amide bonds. The second kappa shape index (κ2) is 11.5. The monoisotopic (exact) mass is 580 g/mol. The number of nitriles is 1. The summed E-state index contributed by atoms with van der Waals surface area (Å²) < 4.78 is 47.9. The number of halogens is 4. The highest BCUT2D eigenvalue weighted by molar-refractivity contribution is 6.30. The van der Waals surface area contributed by atoms with Gasteiger partial charge in [-0.25, -0.2) is 4.98 Å². The van der Waals surface area contributed by atoms with Crippen LogP contribution in [0.15, 0.2) is 65.0 Å². The highest BCUT2D eigenvalue weighted by atomic mass is 35.5. The molecule has 0 atom stereocenters. The largest absolute Gasteiger partial charge is 0.449 e. The second-order valence-corrected chi connectivity index (χ2v) is 9.88. The summed E-state index contributed by atoms with van der Waals surface area (Å²) in [7, 11) is 0. The minimum atomic E-state index is -5.01. The first-order chi connectivity index (χ1) is 19.3. The third-order valence-electron chi connectivity index (χ3n) is 6.32. The van der Waals surface area contributed by atoms with Crippen molar-refractivity contribution in [2.75, 3.05) is 0 Å². The Kier molecular flexibility index (Phi) is 8.22. The van der Waals surface area contributed by atoms with Crippen molar-refractivity contribution in [2.45, 2.75) is 39.9 Å². The Bertz CT molecular complexity index is 1840. The molecule has 2 aromatic carbocycles. The van der Waals surface area contributed by atoms with Gasteiger partial charge in [-0.15, -0.1) is 0 Å². The van der Waals surface area contributed by atoms with E-state index in [1.54, 1.807) is 13.0 Å². The number of alkyl halides is 3. The van der Waals surface area contributed by atoms with Gasteiger partial charge >= 0.3 is 6.18 Å². The van der Waals surface area contributed by atoms with Crippen LogP contribution in [0.2, 0.25) is 5.02 Å². The van der Waals surface area contributed by atoms with Crippen LogP contribution in [-0.4, -0.2) is 14.5 Å². The van der Waals surface area contributed by atoms with E-state index in [9.17, 15) is 28.0 Å². The predicted molar refractivity (Wildman–Crippen MR) is 150 cm³/mol. The molecule has 11 heteroatoms. The van der Waals surface area contributed by atoms with Crippen molar-refractivity contribution >= 4 is 17.2 Å². The summed E-state index contributed by atoms with van der Waals surface area (Å²) in [5.41, 5.74) is 1.43. The quantitative estimate of drug-likeness (QED) is 0.257. The highest BCUT2D eigenvalue weighted by Gasteiger charge is 2.39. The lowest BCUT2D eigenvalue weighted by molar-refractivity contribution is -0.142. The maximum Gasteiger partial charge on any atom is 0.437 e. The van der Waals surface area contributed by atoms with Gasteiger partial charge in [0.2, 0.25) is 5.75 Å². The summed E-state index contributed by atoms with van der Waals surface area (Å²) in [6, 6.07) is 12.7. The van der Waals surface area contributed by atoms with Crippen molar-refractivity contribution in [1.29, 1.82) is 5.26 Å². The summed E-state index contributed by atoms with van der Waals surface area (Å²) in [6.07, 6.45) is -3.83. The Labute approximate surface area is 238 Å². The SMILES string of the molecule is C=C(C)c1ccc(C)cc1-c1cc(Cn2cnc(C(F)(F)F)c(Oc3cc(Cl)cc(C#N)c3)c2=O)c(CC)[nH]c1=O. The van der Waals surface area contributed by atoms with Gasteiger partial charge in [0, 0.05) is 16.3 Å². The van der Waals surface area contributed by atoms with Crippen LogP contribution in [0.25, 0.3) is 16.7 Å². The molecule has 2 aromatic heterocycles. The van der Waals surface area contributed by atoms with Crippen LogP contribution in [0.3, 0.4) is 0 Å². The Balaban J connectivity index is 1.87. The number of aryl methyl sites for hydroxylation is 2. The zero-order valence-electron chi connectivity index (χ0n) is 22.3. The first-order valence-corrected chi connectivity index (χ1v) is 12.8. The molecule has 1 N–H and O–H groups in total. The number of allylic oxidation sites excluding steroid dienone is 1. The number of nitrogens with one attached hydrogen (secondary N) is 1. The average molecular weight is 581 g/mol. The normalized spacial score (nSPS) is 11.3. The number of hydrogen-bond acceptors (Lipinski definition) is 5. The number of aromatic nitrogens is 3. The molecular formula is C30H24ClF3N4O3. The van der Waals surface area contributed by atoms with Gasteiger partial charge in [0.1, 0.15) is 5.75 Å². The summed E-state index contributed by atoms with van der Waals surface area (Å²) in [5.74, 6) is -1.30. The molecule has 210 valence electrons. The van der Waals surface area contributed by atoms with Crippen molar-refractivity contribution < 1.29 is 17.9 Å². The van der Waals surface area contributed by atoms with Crippen molar-refractivity contribution in [2.24, 2.45) is 0 Å². The molecule has 0 aliphatic rings. The molecule has 0 fully saturated rings. The number of pyridine rings is 1. The van der Waals surface area contributed by atoms with Gasteiger partial charge in [-0.1, -0.05) is 54.4 Å². The van der Waals surface area contributed by atoms with E-state index in [0.29, 0.717) is 28.8 Å². The second-order valence-electron chi connectivity index (χ2n) is 9.44. The first-order valence-electron chi connectivity index (χ1n) is 12.4. The van der Waals surface area contributed by atoms with Gasteiger partial charge in [-0.3, -0.25) is 14.2 Å². The minimum Gasteiger partial charge on any atom is -0.449 e. The van der Waals surface area contributed by atoms with Crippen LogP contribution in [0.1, 0.15) is 47.5 Å². The van der Waals surface area contributed by atoms with Crippen molar-refractivity contribution in [3.05, 3.63) is 115 Å². The molecule has 0 unspecified atom stereocenters. The van der Waals surface area contributed by atoms with Crippen LogP contribution < -0.4 is 15.9 Å². The Morgan fingerprint density at radius 1 is 1.17 bits per heavy atom. The predicted octanol–water partition coefficient (Wildman–Crippen LogP) is 6.89. The van der Waals surface area contributed by atoms with E-state index in [0.717, 1.165) is 33.7 Å². The van der Waals surface area contributed by atoms with E-state index in [1.807, 2.05) is 38.1 Å². The summed E-state index contributed by atoms with van der Waals surface area (Å²) in [5, 5.41) is 9.22. The van der Waals surface area contributed by atoms with Gasteiger partial charge in [0.25, 0.3) is 11.1 Å². The molecular weight excluding hydrogens is 557 g/mol. The van der Waals surface area contributed by atoms with Gasteiger partial charge < -0.3 is 9.72 Å². The summed E-state index contributed by atoms with van der Waals surface area (Å²) in [6.45, 7) is 9.29. The average Bonchev–Trinajstić information content (AvgIpc) is 2.90. The molecule has 7 nitrogen and oxygen atoms in total. The van der Waals surface area contributed by atoms with E-state index in [-0.39, 0.29) is 28.4 Å². The van der Waals surface area contributed by atoms with Gasteiger partial charge in [-0.05, 0) is 61.2 Å². The molecule has 0 aliphatic heterocycles. The third-order valence-corrected chi connectivity index (χ3v) is 6.54. The number of ether oxygens (including phenoxy) is 1. The number of aromatic amines is 1.